The van der Waals surface area contributed by atoms with Gasteiger partial charge in [-0.15, -0.1) is 5.54 Å². The number of methoxy groups -OCH3 is 1. The van der Waals surface area contributed by atoms with Gasteiger partial charge in [-0.2, -0.15) is 0 Å². The third kappa shape index (κ3) is 6.57. The van der Waals surface area contributed by atoms with Gasteiger partial charge < -0.3 is 32.0 Å². The fraction of sp³-hybridized carbons (Fsp3) is 0.696. The zero-order valence-corrected chi connectivity index (χ0v) is 22.4. The van der Waals surface area contributed by atoms with Crippen molar-refractivity contribution in [2.24, 2.45) is 11.8 Å². The van der Waals surface area contributed by atoms with Crippen LogP contribution in [0.25, 0.3) is 4.98 Å². The van der Waals surface area contributed by atoms with Crippen molar-refractivity contribution in [3.63, 3.8) is 0 Å². The van der Waals surface area contributed by atoms with E-state index in [2.05, 4.69) is 57.0 Å². The summed E-state index contributed by atoms with van der Waals surface area (Å²) in [6.07, 6.45) is 11.1. The molecule has 4 unspecified atom stereocenters. The molecule has 0 amide bonds. The number of ether oxygens (including phenoxy) is 1. The number of fused-ring (bicyclic) bond motifs is 1. The molecular formula is C23H44N2OSiTi. The van der Waals surface area contributed by atoms with Crippen molar-refractivity contribution in [3.8, 4) is 0 Å². The minimum Gasteiger partial charge on any atom is -0.660 e. The summed E-state index contributed by atoms with van der Waals surface area (Å²) < 4.78 is 5.56. The number of hydrogen-bond donors (Lipinski definition) is 0. The Hall–Kier alpha value is 0.131. The van der Waals surface area contributed by atoms with Crippen molar-refractivity contribution in [1.29, 1.82) is 0 Å². The summed E-state index contributed by atoms with van der Waals surface area (Å²) in [7, 11) is 0.131. The Bertz CT molecular complexity index is 521. The van der Waals surface area contributed by atoms with Crippen LogP contribution < -0.4 is 0 Å². The summed E-state index contributed by atoms with van der Waals surface area (Å²) >= 11 is 0. The van der Waals surface area contributed by atoms with E-state index in [-0.39, 0.29) is 49.5 Å². The molecule has 1 saturated carbocycles. The van der Waals surface area contributed by atoms with Crippen molar-refractivity contribution in [2.45, 2.75) is 70.2 Å². The predicted octanol–water partition coefficient (Wildman–Crippen LogP) is 6.28. The molecule has 4 atom stereocenters. The average molecular weight is 441 g/mol. The number of likely N-dealkylation sites (tertiary alicyclic amines) is 1. The van der Waals surface area contributed by atoms with E-state index in [1.54, 1.807) is 7.11 Å². The van der Waals surface area contributed by atoms with E-state index >= 15 is 0 Å². The van der Waals surface area contributed by atoms with Crippen LogP contribution in [0.5, 0.6) is 0 Å². The molecule has 1 heterocycles. The third-order valence-electron chi connectivity index (χ3n) is 6.06. The van der Waals surface area contributed by atoms with Gasteiger partial charge in [-0.3, -0.25) is 4.90 Å². The van der Waals surface area contributed by atoms with Crippen molar-refractivity contribution in [2.75, 3.05) is 20.2 Å². The zero-order valence-electron chi connectivity index (χ0n) is 19.9. The van der Waals surface area contributed by atoms with E-state index in [1.165, 1.54) is 32.4 Å². The van der Waals surface area contributed by atoms with Gasteiger partial charge in [0.15, 0.2) is 0 Å². The topological polar surface area (TPSA) is 26.6 Å². The number of allylic oxidation sites excluding steroid dienone is 2. The molecule has 28 heavy (non-hydrogen) atoms. The summed E-state index contributed by atoms with van der Waals surface area (Å²) in [6, 6.07) is 0.680. The quantitative estimate of drug-likeness (QED) is 0.380. The number of nitrogens with zero attached hydrogens (tertiary/aromatic N) is 2. The van der Waals surface area contributed by atoms with Crippen molar-refractivity contribution in [1.82, 2.24) is 4.90 Å². The molecule has 3 nitrogen and oxygen atoms in total. The van der Waals surface area contributed by atoms with E-state index in [0.717, 1.165) is 11.3 Å². The largest absolute Gasteiger partial charge is 4.00 e. The van der Waals surface area contributed by atoms with Crippen molar-refractivity contribution in [3.05, 3.63) is 51.2 Å². The van der Waals surface area contributed by atoms with Gasteiger partial charge in [0.1, 0.15) is 5.76 Å². The van der Waals surface area contributed by atoms with Gasteiger partial charge >= 0.3 is 21.7 Å². The van der Waals surface area contributed by atoms with Crippen LogP contribution in [0.15, 0.2) is 24.0 Å². The zero-order chi connectivity index (χ0) is 17.5. The second-order valence-corrected chi connectivity index (χ2v) is 13.6. The summed E-state index contributed by atoms with van der Waals surface area (Å²) in [6.45, 7) is 14.3. The van der Waals surface area contributed by atoms with Crippen LogP contribution in [0, 0.1) is 34.1 Å². The second kappa shape index (κ2) is 11.5. The van der Waals surface area contributed by atoms with Crippen molar-refractivity contribution >= 4 is 8.24 Å². The average Bonchev–Trinajstić information content (AvgIpc) is 3.11. The summed E-state index contributed by atoms with van der Waals surface area (Å²) in [5, 5.41) is 0. The predicted molar refractivity (Wildman–Crippen MR) is 124 cm³/mol. The molecule has 0 spiro atoms. The Morgan fingerprint density at radius 1 is 1.07 bits per heavy atom. The molecule has 1 aliphatic heterocycles. The Morgan fingerprint density at radius 3 is 2.14 bits per heavy atom. The molecule has 3 rings (SSSR count). The first kappa shape index (κ1) is 30.3. The number of rotatable bonds is 4. The minimum absolute atomic E-state index is 0. The summed E-state index contributed by atoms with van der Waals surface area (Å²) in [5.74, 6) is 2.30. The number of hydrogen-bond acceptors (Lipinski definition) is 2. The van der Waals surface area contributed by atoms with E-state index in [4.69, 9.17) is 9.72 Å². The standard InChI is InChI=1S/C20H35N2OSi.3CH3.Ti/c1-20(2,3)21-24(5,6)19-14-18(22-11-7-8-12-22)17-13-15(23-4)9-10-16(17)19;;;;/h9-10,13,16-19H,7-8,11-12,14H2,1-6H3;3*1H3;/q4*-1;+4. The fourth-order valence-corrected chi connectivity index (χ4v) is 9.33. The molecule has 0 bridgehead atoms. The van der Waals surface area contributed by atoms with Crippen LogP contribution in [-0.2, 0) is 26.5 Å². The van der Waals surface area contributed by atoms with Crippen LogP contribution in [0.1, 0.15) is 40.0 Å². The van der Waals surface area contributed by atoms with Crippen LogP contribution >= 0.6 is 0 Å². The molecule has 2 fully saturated rings. The first-order valence-corrected chi connectivity index (χ1v) is 12.7. The Morgan fingerprint density at radius 2 is 1.64 bits per heavy atom. The Kier molecular flexibility index (Phi) is 12.5. The van der Waals surface area contributed by atoms with E-state index in [1.807, 2.05) is 0 Å². The molecule has 2 aliphatic carbocycles. The third-order valence-corrected chi connectivity index (χ3v) is 9.75. The van der Waals surface area contributed by atoms with E-state index in [9.17, 15) is 0 Å². The van der Waals surface area contributed by atoms with Crippen molar-refractivity contribution < 1.29 is 26.5 Å². The summed E-state index contributed by atoms with van der Waals surface area (Å²) in [5.41, 5.74) is 0.807. The van der Waals surface area contributed by atoms with Crippen LogP contribution in [0.3, 0.4) is 0 Å². The van der Waals surface area contributed by atoms with Gasteiger partial charge in [-0.1, -0.05) is 53.7 Å². The summed E-state index contributed by atoms with van der Waals surface area (Å²) in [4.78, 5) is 8.10. The van der Waals surface area contributed by atoms with E-state index in [0.29, 0.717) is 17.9 Å². The van der Waals surface area contributed by atoms with Crippen LogP contribution in [-0.4, -0.2) is 44.9 Å². The smallest absolute Gasteiger partial charge is 0.660 e. The maximum absolute atomic E-state index is 5.56. The molecule has 3 aliphatic rings. The van der Waals surface area contributed by atoms with Crippen LogP contribution in [0.2, 0.25) is 18.6 Å². The minimum atomic E-state index is -1.66. The maximum Gasteiger partial charge on any atom is 4.00 e. The SMILES string of the molecule is COC1=CC2C(C=C1)C([Si](C)(C)[N-]C(C)(C)C)CC2N1CCCC1.[CH3-].[CH3-].[CH3-].[Ti+4]. The maximum atomic E-state index is 5.56. The first-order valence-electron chi connectivity index (χ1n) is 9.63. The first-order chi connectivity index (χ1) is 11.2. The van der Waals surface area contributed by atoms with Gasteiger partial charge in [-0.25, -0.2) is 0 Å². The molecule has 0 aromatic carbocycles. The molecule has 5 heteroatoms. The monoisotopic (exact) mass is 440 g/mol. The van der Waals surface area contributed by atoms with Gasteiger partial charge in [0.2, 0.25) is 0 Å². The molecular weight excluding hydrogens is 396 g/mol. The molecule has 160 valence electrons. The Labute approximate surface area is 192 Å². The molecule has 0 aromatic rings. The van der Waals surface area contributed by atoms with Gasteiger partial charge in [0, 0.05) is 12.0 Å². The van der Waals surface area contributed by atoms with Gasteiger partial charge in [0.05, 0.1) is 7.11 Å². The molecule has 1 saturated heterocycles. The normalized spacial score (nSPS) is 29.4. The van der Waals surface area contributed by atoms with E-state index < -0.39 is 8.24 Å². The fourth-order valence-electron chi connectivity index (χ4n) is 5.34. The molecule has 0 N–H and O–H groups in total. The second-order valence-electron chi connectivity index (χ2n) is 9.38. The molecule has 0 aromatic heterocycles. The van der Waals surface area contributed by atoms with Crippen LogP contribution in [0.4, 0.5) is 0 Å². The molecule has 0 radical (unpaired) electrons. The Balaban J connectivity index is 0. The van der Waals surface area contributed by atoms with Gasteiger partial charge in [-0.05, 0) is 50.4 Å². The van der Waals surface area contributed by atoms with Gasteiger partial charge in [0.25, 0.3) is 0 Å².